The molecule has 5 heteroatoms. The lowest BCUT2D eigenvalue weighted by molar-refractivity contribution is -0.264. The molecule has 0 aromatic heterocycles. The summed E-state index contributed by atoms with van der Waals surface area (Å²) in [7, 11) is 3.21. The molecular weight excluding hydrogens is 210 g/mol. The van der Waals surface area contributed by atoms with Crippen LogP contribution in [0.25, 0.3) is 0 Å². The van der Waals surface area contributed by atoms with E-state index in [0.29, 0.717) is 6.54 Å². The van der Waals surface area contributed by atoms with Crippen LogP contribution in [0.15, 0.2) is 0 Å². The van der Waals surface area contributed by atoms with E-state index in [0.717, 1.165) is 12.8 Å². The number of carbonyl (C=O) groups excluding carboxylic acids is 1. The van der Waals surface area contributed by atoms with E-state index in [1.54, 1.807) is 14.2 Å². The van der Waals surface area contributed by atoms with E-state index < -0.39 is 5.79 Å². The Morgan fingerprint density at radius 3 is 2.69 bits per heavy atom. The van der Waals surface area contributed by atoms with Crippen LogP contribution in [-0.2, 0) is 19.0 Å². The SMILES string of the molecule is CCC1CC(OC)OC1(CNC(C)=O)OC. The zero-order valence-corrected chi connectivity index (χ0v) is 10.4. The molecule has 0 aromatic carbocycles. The lowest BCUT2D eigenvalue weighted by Gasteiger charge is -2.32. The molecule has 0 spiro atoms. The summed E-state index contributed by atoms with van der Waals surface area (Å²) in [5, 5.41) is 2.74. The van der Waals surface area contributed by atoms with Crippen molar-refractivity contribution in [3.05, 3.63) is 0 Å². The lowest BCUT2D eigenvalue weighted by Crippen LogP contribution is -2.48. The molecule has 94 valence electrons. The van der Waals surface area contributed by atoms with Crippen LogP contribution in [0.2, 0.25) is 0 Å². The second kappa shape index (κ2) is 5.61. The van der Waals surface area contributed by atoms with Crippen molar-refractivity contribution in [1.82, 2.24) is 5.32 Å². The Balaban J connectivity index is 2.71. The van der Waals surface area contributed by atoms with Gasteiger partial charge in [-0.05, 0) is 6.42 Å². The standard InChI is InChI=1S/C11H21NO4/c1-5-9-6-10(14-3)16-11(9,15-4)7-12-8(2)13/h9-10H,5-7H2,1-4H3,(H,12,13). The van der Waals surface area contributed by atoms with Gasteiger partial charge in [-0.2, -0.15) is 0 Å². The Bertz CT molecular complexity index is 246. The predicted octanol–water partition coefficient (Wildman–Crippen LogP) is 0.884. The Kier molecular flexibility index (Phi) is 4.70. The molecule has 1 amide bonds. The first-order valence-electron chi connectivity index (χ1n) is 5.58. The summed E-state index contributed by atoms with van der Waals surface area (Å²) < 4.78 is 16.4. The van der Waals surface area contributed by atoms with Crippen molar-refractivity contribution in [3.8, 4) is 0 Å². The zero-order valence-electron chi connectivity index (χ0n) is 10.4. The molecule has 5 nitrogen and oxygen atoms in total. The van der Waals surface area contributed by atoms with E-state index in [2.05, 4.69) is 12.2 Å². The Morgan fingerprint density at radius 1 is 1.56 bits per heavy atom. The minimum Gasteiger partial charge on any atom is -0.356 e. The van der Waals surface area contributed by atoms with Crippen molar-refractivity contribution in [1.29, 1.82) is 0 Å². The maximum atomic E-state index is 11.0. The largest absolute Gasteiger partial charge is 0.356 e. The third-order valence-electron chi connectivity index (χ3n) is 3.11. The summed E-state index contributed by atoms with van der Waals surface area (Å²) in [4.78, 5) is 11.0. The first-order chi connectivity index (χ1) is 7.57. The van der Waals surface area contributed by atoms with Gasteiger partial charge in [-0.3, -0.25) is 4.79 Å². The van der Waals surface area contributed by atoms with Gasteiger partial charge < -0.3 is 19.5 Å². The van der Waals surface area contributed by atoms with Crippen molar-refractivity contribution in [3.63, 3.8) is 0 Å². The van der Waals surface area contributed by atoms with Crippen molar-refractivity contribution < 1.29 is 19.0 Å². The van der Waals surface area contributed by atoms with Gasteiger partial charge in [0.2, 0.25) is 5.91 Å². The zero-order chi connectivity index (χ0) is 12.2. The minimum atomic E-state index is -0.749. The molecule has 1 saturated heterocycles. The number of amides is 1. The predicted molar refractivity (Wildman–Crippen MR) is 58.7 cm³/mol. The fraction of sp³-hybridized carbons (Fsp3) is 0.909. The molecule has 3 atom stereocenters. The van der Waals surface area contributed by atoms with Gasteiger partial charge in [0, 0.05) is 33.5 Å². The highest BCUT2D eigenvalue weighted by molar-refractivity contribution is 5.72. The molecule has 0 radical (unpaired) electrons. The number of methoxy groups -OCH3 is 2. The monoisotopic (exact) mass is 231 g/mol. The van der Waals surface area contributed by atoms with Gasteiger partial charge >= 0.3 is 0 Å². The average Bonchev–Trinajstić information content (AvgIpc) is 2.65. The highest BCUT2D eigenvalue weighted by Crippen LogP contribution is 2.38. The number of carbonyl (C=O) groups is 1. The van der Waals surface area contributed by atoms with Crippen LogP contribution in [0.1, 0.15) is 26.7 Å². The van der Waals surface area contributed by atoms with Crippen molar-refractivity contribution in [2.45, 2.75) is 38.8 Å². The summed E-state index contributed by atoms with van der Waals surface area (Å²) in [6, 6.07) is 0. The van der Waals surface area contributed by atoms with E-state index in [9.17, 15) is 4.79 Å². The fourth-order valence-electron chi connectivity index (χ4n) is 2.12. The number of hydrogen-bond donors (Lipinski definition) is 1. The molecule has 3 unspecified atom stereocenters. The van der Waals surface area contributed by atoms with Crippen molar-refractivity contribution in [2.24, 2.45) is 5.92 Å². The molecular formula is C11H21NO4. The Morgan fingerprint density at radius 2 is 2.25 bits per heavy atom. The molecule has 1 rings (SSSR count). The van der Waals surface area contributed by atoms with Crippen LogP contribution in [0.4, 0.5) is 0 Å². The molecule has 0 bridgehead atoms. The molecule has 0 saturated carbocycles. The number of nitrogens with one attached hydrogen (secondary N) is 1. The van der Waals surface area contributed by atoms with Crippen LogP contribution in [0.5, 0.6) is 0 Å². The number of ether oxygens (including phenoxy) is 3. The maximum absolute atomic E-state index is 11.0. The fourth-order valence-corrected chi connectivity index (χ4v) is 2.12. The molecule has 1 N–H and O–H groups in total. The van der Waals surface area contributed by atoms with E-state index in [1.807, 2.05) is 0 Å². The van der Waals surface area contributed by atoms with Crippen LogP contribution in [0, 0.1) is 5.92 Å². The minimum absolute atomic E-state index is 0.0873. The summed E-state index contributed by atoms with van der Waals surface area (Å²) >= 11 is 0. The number of hydrogen-bond acceptors (Lipinski definition) is 4. The van der Waals surface area contributed by atoms with E-state index in [1.165, 1.54) is 6.92 Å². The van der Waals surface area contributed by atoms with Gasteiger partial charge in [0.25, 0.3) is 0 Å². The topological polar surface area (TPSA) is 56.8 Å². The average molecular weight is 231 g/mol. The molecule has 0 aliphatic carbocycles. The van der Waals surface area contributed by atoms with Crippen LogP contribution in [-0.4, -0.2) is 38.7 Å². The van der Waals surface area contributed by atoms with Gasteiger partial charge in [-0.15, -0.1) is 0 Å². The van der Waals surface area contributed by atoms with Crippen molar-refractivity contribution in [2.75, 3.05) is 20.8 Å². The second-order valence-electron chi connectivity index (χ2n) is 4.05. The maximum Gasteiger partial charge on any atom is 0.217 e. The van der Waals surface area contributed by atoms with E-state index in [-0.39, 0.29) is 18.1 Å². The highest BCUT2D eigenvalue weighted by Gasteiger charge is 2.48. The Hall–Kier alpha value is -0.650. The molecule has 1 aliphatic heterocycles. The first kappa shape index (κ1) is 13.4. The van der Waals surface area contributed by atoms with Crippen LogP contribution < -0.4 is 5.32 Å². The van der Waals surface area contributed by atoms with Gasteiger partial charge in [-0.25, -0.2) is 0 Å². The summed E-state index contributed by atoms with van der Waals surface area (Å²) in [5.74, 6) is -0.605. The van der Waals surface area contributed by atoms with E-state index in [4.69, 9.17) is 14.2 Å². The van der Waals surface area contributed by atoms with Crippen LogP contribution >= 0.6 is 0 Å². The normalized spacial score (nSPS) is 34.0. The molecule has 1 heterocycles. The highest BCUT2D eigenvalue weighted by atomic mass is 16.8. The summed E-state index contributed by atoms with van der Waals surface area (Å²) in [6.45, 7) is 3.91. The van der Waals surface area contributed by atoms with Crippen LogP contribution in [0.3, 0.4) is 0 Å². The van der Waals surface area contributed by atoms with Gasteiger partial charge in [-0.1, -0.05) is 6.92 Å². The third kappa shape index (κ3) is 2.72. The molecule has 1 fully saturated rings. The Labute approximate surface area is 96.4 Å². The van der Waals surface area contributed by atoms with Gasteiger partial charge in [0.1, 0.15) is 0 Å². The van der Waals surface area contributed by atoms with Gasteiger partial charge in [0.05, 0.1) is 6.54 Å². The summed E-state index contributed by atoms with van der Waals surface area (Å²) in [6.07, 6.45) is 1.46. The molecule has 16 heavy (non-hydrogen) atoms. The quantitative estimate of drug-likeness (QED) is 0.763. The van der Waals surface area contributed by atoms with Crippen molar-refractivity contribution >= 4 is 5.91 Å². The third-order valence-corrected chi connectivity index (χ3v) is 3.11. The molecule has 0 aromatic rings. The first-order valence-corrected chi connectivity index (χ1v) is 5.58. The summed E-state index contributed by atoms with van der Waals surface area (Å²) in [5.41, 5.74) is 0. The lowest BCUT2D eigenvalue weighted by atomic mass is 9.94. The molecule has 1 aliphatic rings. The second-order valence-corrected chi connectivity index (χ2v) is 4.05. The number of rotatable bonds is 5. The smallest absolute Gasteiger partial charge is 0.217 e. The van der Waals surface area contributed by atoms with Gasteiger partial charge in [0.15, 0.2) is 12.1 Å². The van der Waals surface area contributed by atoms with E-state index >= 15 is 0 Å².